The van der Waals surface area contributed by atoms with Gasteiger partial charge in [0.1, 0.15) is 0 Å². The maximum atomic E-state index is 4.29. The molecular formula is C14H25N3. The highest BCUT2D eigenvalue weighted by molar-refractivity contribution is 4.99. The molecule has 0 bridgehead atoms. The van der Waals surface area contributed by atoms with Crippen molar-refractivity contribution < 1.29 is 0 Å². The summed E-state index contributed by atoms with van der Waals surface area (Å²) in [6.07, 6.45) is 9.59. The fraction of sp³-hybridized carbons (Fsp3) is 0.786. The highest BCUT2D eigenvalue weighted by Crippen LogP contribution is 2.26. The molecule has 1 heterocycles. The van der Waals surface area contributed by atoms with Crippen LogP contribution >= 0.6 is 0 Å². The minimum Gasteiger partial charge on any atom is -0.333 e. The van der Waals surface area contributed by atoms with Gasteiger partial charge in [-0.3, -0.25) is 0 Å². The van der Waals surface area contributed by atoms with Gasteiger partial charge in [0.15, 0.2) is 0 Å². The molecule has 1 saturated carbocycles. The number of imidazole rings is 1. The van der Waals surface area contributed by atoms with Crippen molar-refractivity contribution in [3.8, 4) is 0 Å². The summed E-state index contributed by atoms with van der Waals surface area (Å²) in [5.41, 5.74) is 1.48. The number of rotatable bonds is 4. The van der Waals surface area contributed by atoms with E-state index in [1.807, 2.05) is 12.5 Å². The molecule has 1 aromatic rings. The second-order valence-corrected chi connectivity index (χ2v) is 6.29. The van der Waals surface area contributed by atoms with E-state index >= 15 is 0 Å². The molecule has 0 unspecified atom stereocenters. The molecule has 0 aliphatic heterocycles. The summed E-state index contributed by atoms with van der Waals surface area (Å²) in [5, 5.41) is 3.53. The van der Waals surface area contributed by atoms with Crippen LogP contribution in [-0.2, 0) is 13.1 Å². The number of nitrogens with zero attached hydrogens (tertiary/aromatic N) is 2. The molecule has 2 rings (SSSR count). The molecule has 1 N–H and O–H groups in total. The Kier molecular flexibility index (Phi) is 3.87. The Balaban J connectivity index is 1.91. The molecule has 3 heteroatoms. The lowest BCUT2D eigenvalue weighted by molar-refractivity contribution is 0.401. The normalized spacial score (nSPS) is 17.8. The average molecular weight is 235 g/mol. The smallest absolute Gasteiger partial charge is 0.0948 e. The van der Waals surface area contributed by atoms with E-state index in [-0.39, 0.29) is 5.54 Å². The lowest BCUT2D eigenvalue weighted by atomic mass is 10.1. The molecule has 1 aromatic heterocycles. The zero-order valence-electron chi connectivity index (χ0n) is 11.4. The highest BCUT2D eigenvalue weighted by Gasteiger charge is 2.17. The van der Waals surface area contributed by atoms with Gasteiger partial charge in [-0.25, -0.2) is 4.98 Å². The van der Waals surface area contributed by atoms with Crippen molar-refractivity contribution in [2.45, 2.75) is 65.1 Å². The first-order valence-electron chi connectivity index (χ1n) is 6.78. The van der Waals surface area contributed by atoms with Crippen LogP contribution in [0.1, 0.15) is 52.1 Å². The van der Waals surface area contributed by atoms with Gasteiger partial charge in [-0.15, -0.1) is 0 Å². The fourth-order valence-electron chi connectivity index (χ4n) is 2.49. The Morgan fingerprint density at radius 1 is 1.35 bits per heavy atom. The molecule has 1 aliphatic rings. The summed E-state index contributed by atoms with van der Waals surface area (Å²) in [5.74, 6) is 0.873. The lowest BCUT2D eigenvalue weighted by Crippen LogP contribution is -2.35. The predicted octanol–water partition coefficient (Wildman–Crippen LogP) is 2.96. The van der Waals surface area contributed by atoms with Gasteiger partial charge >= 0.3 is 0 Å². The van der Waals surface area contributed by atoms with Crippen LogP contribution in [0.2, 0.25) is 0 Å². The van der Waals surface area contributed by atoms with Crippen LogP contribution in [0.5, 0.6) is 0 Å². The van der Waals surface area contributed by atoms with E-state index in [1.54, 1.807) is 0 Å². The van der Waals surface area contributed by atoms with Gasteiger partial charge in [-0.1, -0.05) is 12.8 Å². The molecule has 0 spiro atoms. The molecule has 96 valence electrons. The Hall–Kier alpha value is -0.830. The Morgan fingerprint density at radius 2 is 2.06 bits per heavy atom. The third kappa shape index (κ3) is 3.84. The number of hydrogen-bond acceptors (Lipinski definition) is 2. The van der Waals surface area contributed by atoms with Crippen LogP contribution < -0.4 is 5.32 Å². The first kappa shape index (κ1) is 12.6. The quantitative estimate of drug-likeness (QED) is 0.869. The van der Waals surface area contributed by atoms with E-state index in [4.69, 9.17) is 0 Å². The van der Waals surface area contributed by atoms with E-state index in [0.29, 0.717) is 0 Å². The van der Waals surface area contributed by atoms with Crippen molar-refractivity contribution in [3.05, 3.63) is 18.2 Å². The van der Waals surface area contributed by atoms with Gasteiger partial charge in [0.25, 0.3) is 0 Å². The highest BCUT2D eigenvalue weighted by atomic mass is 15.1. The van der Waals surface area contributed by atoms with E-state index in [0.717, 1.165) is 19.0 Å². The molecule has 17 heavy (non-hydrogen) atoms. The van der Waals surface area contributed by atoms with E-state index in [9.17, 15) is 0 Å². The van der Waals surface area contributed by atoms with Crippen LogP contribution in [0.15, 0.2) is 12.5 Å². The molecule has 3 nitrogen and oxygen atoms in total. The fourth-order valence-corrected chi connectivity index (χ4v) is 2.49. The van der Waals surface area contributed by atoms with Crippen molar-refractivity contribution in [2.24, 2.45) is 5.92 Å². The summed E-state index contributed by atoms with van der Waals surface area (Å²) in [7, 11) is 0. The van der Waals surface area contributed by atoms with Gasteiger partial charge in [0, 0.05) is 24.8 Å². The zero-order valence-corrected chi connectivity index (χ0v) is 11.4. The lowest BCUT2D eigenvalue weighted by Gasteiger charge is -2.21. The van der Waals surface area contributed by atoms with Gasteiger partial charge in [-0.05, 0) is 39.5 Å². The van der Waals surface area contributed by atoms with Gasteiger partial charge in [0.05, 0.1) is 12.0 Å². The average Bonchev–Trinajstić information content (AvgIpc) is 2.86. The SMILES string of the molecule is CC(C)(C)NCc1cncn1CC1CCCC1. The predicted molar refractivity (Wildman–Crippen MR) is 70.8 cm³/mol. The molecule has 0 aromatic carbocycles. The van der Waals surface area contributed by atoms with Crippen molar-refractivity contribution >= 4 is 0 Å². The van der Waals surface area contributed by atoms with Crippen molar-refractivity contribution in [1.29, 1.82) is 0 Å². The van der Waals surface area contributed by atoms with Gasteiger partial charge < -0.3 is 9.88 Å². The third-order valence-corrected chi connectivity index (χ3v) is 3.53. The second kappa shape index (κ2) is 5.21. The maximum Gasteiger partial charge on any atom is 0.0948 e. The van der Waals surface area contributed by atoms with Crippen LogP contribution in [0.25, 0.3) is 0 Å². The number of nitrogens with one attached hydrogen (secondary N) is 1. The summed E-state index contributed by atoms with van der Waals surface area (Å²) >= 11 is 0. The largest absolute Gasteiger partial charge is 0.333 e. The van der Waals surface area contributed by atoms with E-state index < -0.39 is 0 Å². The van der Waals surface area contributed by atoms with E-state index in [2.05, 4.69) is 35.6 Å². The summed E-state index contributed by atoms with van der Waals surface area (Å²) in [4.78, 5) is 4.29. The maximum absolute atomic E-state index is 4.29. The molecule has 1 aliphatic carbocycles. The van der Waals surface area contributed by atoms with Crippen LogP contribution in [0.4, 0.5) is 0 Å². The first-order chi connectivity index (χ1) is 8.04. The Labute approximate surface area is 105 Å². The first-order valence-corrected chi connectivity index (χ1v) is 6.78. The van der Waals surface area contributed by atoms with E-state index in [1.165, 1.54) is 31.4 Å². The standard InChI is InChI=1S/C14H25N3/c1-14(2,3)16-9-13-8-15-11-17(13)10-12-6-4-5-7-12/h8,11-12,16H,4-7,9-10H2,1-3H3. The van der Waals surface area contributed by atoms with Gasteiger partial charge in [-0.2, -0.15) is 0 Å². The third-order valence-electron chi connectivity index (χ3n) is 3.53. The molecular weight excluding hydrogens is 210 g/mol. The topological polar surface area (TPSA) is 29.9 Å². The van der Waals surface area contributed by atoms with Crippen LogP contribution in [0.3, 0.4) is 0 Å². The van der Waals surface area contributed by atoms with Crippen molar-refractivity contribution in [1.82, 2.24) is 14.9 Å². The Morgan fingerprint density at radius 3 is 2.71 bits per heavy atom. The van der Waals surface area contributed by atoms with Gasteiger partial charge in [0.2, 0.25) is 0 Å². The minimum atomic E-state index is 0.169. The summed E-state index contributed by atoms with van der Waals surface area (Å²) in [6, 6.07) is 0. The summed E-state index contributed by atoms with van der Waals surface area (Å²) in [6.45, 7) is 8.66. The molecule has 0 atom stereocenters. The number of hydrogen-bond donors (Lipinski definition) is 1. The van der Waals surface area contributed by atoms with Crippen LogP contribution in [0, 0.1) is 5.92 Å². The number of aromatic nitrogens is 2. The molecule has 0 radical (unpaired) electrons. The molecule has 0 saturated heterocycles. The monoisotopic (exact) mass is 235 g/mol. The van der Waals surface area contributed by atoms with Crippen LogP contribution in [-0.4, -0.2) is 15.1 Å². The van der Waals surface area contributed by atoms with Crippen molar-refractivity contribution in [2.75, 3.05) is 0 Å². The molecule has 0 amide bonds. The molecule has 1 fully saturated rings. The second-order valence-electron chi connectivity index (χ2n) is 6.29. The minimum absolute atomic E-state index is 0.169. The Bertz CT molecular complexity index is 343. The van der Waals surface area contributed by atoms with Crippen molar-refractivity contribution in [3.63, 3.8) is 0 Å². The summed E-state index contributed by atoms with van der Waals surface area (Å²) < 4.78 is 2.33. The zero-order chi connectivity index (χ0) is 12.3.